The first kappa shape index (κ1) is 15.1. The Balaban J connectivity index is 2.32. The molecule has 108 valence electrons. The highest BCUT2D eigenvalue weighted by Gasteiger charge is 2.40. The molecule has 4 nitrogen and oxygen atoms in total. The van der Waals surface area contributed by atoms with E-state index in [0.29, 0.717) is 22.9 Å². The van der Waals surface area contributed by atoms with Gasteiger partial charge in [0.25, 0.3) is 0 Å². The number of carbonyl (C=O) groups excluding carboxylic acids is 2. The third-order valence-electron chi connectivity index (χ3n) is 3.51. The van der Waals surface area contributed by atoms with Crippen molar-refractivity contribution in [3.05, 3.63) is 33.8 Å². The lowest BCUT2D eigenvalue weighted by Gasteiger charge is -2.29. The number of halogens is 2. The monoisotopic (exact) mass is 315 g/mol. The first-order chi connectivity index (χ1) is 9.43. The van der Waals surface area contributed by atoms with Crippen molar-refractivity contribution in [2.75, 3.05) is 7.11 Å². The van der Waals surface area contributed by atoms with E-state index in [9.17, 15) is 9.59 Å². The fraction of sp³-hybridized carbons (Fsp3) is 0.429. The molecule has 0 bridgehead atoms. The summed E-state index contributed by atoms with van der Waals surface area (Å²) in [6.07, 6.45) is 0.822. The van der Waals surface area contributed by atoms with Crippen molar-refractivity contribution < 1.29 is 14.3 Å². The molecular weight excluding hydrogens is 301 g/mol. The number of benzene rings is 1. The van der Waals surface area contributed by atoms with Gasteiger partial charge in [0.15, 0.2) is 0 Å². The molecule has 1 heterocycles. The SMILES string of the molecule is COC(=O)C1CCC(=O)N1C(C)c1cc(Cl)cc(Cl)c1. The molecule has 0 radical (unpaired) electrons. The Morgan fingerprint density at radius 1 is 1.35 bits per heavy atom. The first-order valence-corrected chi connectivity index (χ1v) is 7.04. The van der Waals surface area contributed by atoms with Gasteiger partial charge in [0.1, 0.15) is 6.04 Å². The van der Waals surface area contributed by atoms with Gasteiger partial charge in [-0.3, -0.25) is 4.79 Å². The van der Waals surface area contributed by atoms with Crippen molar-refractivity contribution in [1.82, 2.24) is 4.90 Å². The van der Waals surface area contributed by atoms with Crippen molar-refractivity contribution in [2.24, 2.45) is 0 Å². The Bertz CT molecular complexity index is 527. The summed E-state index contributed by atoms with van der Waals surface area (Å²) < 4.78 is 4.76. The maximum atomic E-state index is 12.0. The van der Waals surface area contributed by atoms with E-state index in [-0.39, 0.29) is 11.9 Å². The molecule has 1 aromatic carbocycles. The number of carbonyl (C=O) groups is 2. The van der Waals surface area contributed by atoms with E-state index < -0.39 is 12.0 Å². The highest BCUT2D eigenvalue weighted by Crippen LogP contribution is 2.33. The van der Waals surface area contributed by atoms with E-state index in [1.807, 2.05) is 6.92 Å². The molecular formula is C14H15Cl2NO3. The minimum atomic E-state index is -0.541. The number of ether oxygens (including phenoxy) is 1. The van der Waals surface area contributed by atoms with Gasteiger partial charge in [-0.1, -0.05) is 23.2 Å². The van der Waals surface area contributed by atoms with Crippen LogP contribution in [0.15, 0.2) is 18.2 Å². The molecule has 0 aromatic heterocycles. The number of methoxy groups -OCH3 is 1. The third-order valence-corrected chi connectivity index (χ3v) is 3.95. The fourth-order valence-electron chi connectivity index (χ4n) is 2.53. The number of hydrogen-bond acceptors (Lipinski definition) is 3. The molecule has 1 amide bonds. The number of likely N-dealkylation sites (tertiary alicyclic amines) is 1. The minimum absolute atomic E-state index is 0.0657. The summed E-state index contributed by atoms with van der Waals surface area (Å²) in [6.45, 7) is 1.85. The molecule has 2 unspecified atom stereocenters. The summed E-state index contributed by atoms with van der Waals surface area (Å²) in [5.41, 5.74) is 0.798. The third kappa shape index (κ3) is 2.91. The maximum Gasteiger partial charge on any atom is 0.328 e. The summed E-state index contributed by atoms with van der Waals surface area (Å²) in [5.74, 6) is -0.458. The Morgan fingerprint density at radius 2 is 1.95 bits per heavy atom. The van der Waals surface area contributed by atoms with Crippen molar-refractivity contribution in [2.45, 2.75) is 31.8 Å². The number of rotatable bonds is 3. The van der Waals surface area contributed by atoms with Crippen LogP contribution in [0.2, 0.25) is 10.0 Å². The van der Waals surface area contributed by atoms with Gasteiger partial charge in [0.05, 0.1) is 13.2 Å². The van der Waals surface area contributed by atoms with Gasteiger partial charge < -0.3 is 9.64 Å². The van der Waals surface area contributed by atoms with Crippen molar-refractivity contribution >= 4 is 35.1 Å². The molecule has 6 heteroatoms. The van der Waals surface area contributed by atoms with Crippen LogP contribution in [0.1, 0.15) is 31.4 Å². The van der Waals surface area contributed by atoms with Crippen LogP contribution in [0.5, 0.6) is 0 Å². The zero-order valence-corrected chi connectivity index (χ0v) is 12.7. The van der Waals surface area contributed by atoms with Gasteiger partial charge in [-0.25, -0.2) is 4.79 Å². The van der Waals surface area contributed by atoms with Gasteiger partial charge >= 0.3 is 5.97 Å². The lowest BCUT2D eigenvalue weighted by Crippen LogP contribution is -2.40. The van der Waals surface area contributed by atoms with Crippen molar-refractivity contribution in [1.29, 1.82) is 0 Å². The smallest absolute Gasteiger partial charge is 0.328 e. The van der Waals surface area contributed by atoms with E-state index in [2.05, 4.69) is 0 Å². The van der Waals surface area contributed by atoms with Crippen LogP contribution in [-0.2, 0) is 14.3 Å². The average Bonchev–Trinajstić information content (AvgIpc) is 2.77. The average molecular weight is 316 g/mol. The quantitative estimate of drug-likeness (QED) is 0.805. The van der Waals surface area contributed by atoms with E-state index in [0.717, 1.165) is 5.56 Å². The standard InChI is InChI=1S/C14H15Cl2NO3/c1-8(9-5-10(15)7-11(16)6-9)17-12(14(19)20-2)3-4-13(17)18/h5-8,12H,3-4H2,1-2H3. The summed E-state index contributed by atoms with van der Waals surface area (Å²) in [4.78, 5) is 25.4. The van der Waals surface area contributed by atoms with Crippen LogP contribution >= 0.6 is 23.2 Å². The zero-order chi connectivity index (χ0) is 14.9. The molecule has 0 saturated carbocycles. The Labute approximate surface area is 127 Å². The van der Waals surface area contributed by atoms with Crippen molar-refractivity contribution in [3.63, 3.8) is 0 Å². The van der Waals surface area contributed by atoms with Crippen LogP contribution in [-0.4, -0.2) is 29.9 Å². The van der Waals surface area contributed by atoms with Gasteiger partial charge in [-0.05, 0) is 37.1 Å². The number of nitrogens with zero attached hydrogens (tertiary/aromatic N) is 1. The highest BCUT2D eigenvalue weighted by atomic mass is 35.5. The number of hydrogen-bond donors (Lipinski definition) is 0. The van der Waals surface area contributed by atoms with E-state index in [1.54, 1.807) is 23.1 Å². The minimum Gasteiger partial charge on any atom is -0.467 e. The summed E-state index contributed by atoms with van der Waals surface area (Å²) in [6, 6.07) is 4.30. The second kappa shape index (κ2) is 6.02. The van der Waals surface area contributed by atoms with Gasteiger partial charge in [-0.2, -0.15) is 0 Å². The van der Waals surface area contributed by atoms with E-state index in [4.69, 9.17) is 27.9 Å². The van der Waals surface area contributed by atoms with Gasteiger partial charge in [0, 0.05) is 16.5 Å². The molecule has 0 N–H and O–H groups in total. The topological polar surface area (TPSA) is 46.6 Å². The molecule has 2 atom stereocenters. The lowest BCUT2D eigenvalue weighted by molar-refractivity contribution is -0.150. The van der Waals surface area contributed by atoms with Crippen LogP contribution in [0, 0.1) is 0 Å². The second-order valence-electron chi connectivity index (χ2n) is 4.76. The van der Waals surface area contributed by atoms with Crippen LogP contribution in [0.3, 0.4) is 0 Å². The zero-order valence-electron chi connectivity index (χ0n) is 11.2. The van der Waals surface area contributed by atoms with Crippen LogP contribution in [0.4, 0.5) is 0 Å². The number of amides is 1. The summed E-state index contributed by atoms with van der Waals surface area (Å²) in [7, 11) is 1.32. The lowest BCUT2D eigenvalue weighted by atomic mass is 10.1. The molecule has 1 aromatic rings. The van der Waals surface area contributed by atoms with Crippen LogP contribution < -0.4 is 0 Å². The summed E-state index contributed by atoms with van der Waals surface area (Å²) >= 11 is 12.0. The molecule has 0 aliphatic carbocycles. The van der Waals surface area contributed by atoms with Gasteiger partial charge in [-0.15, -0.1) is 0 Å². The van der Waals surface area contributed by atoms with E-state index in [1.165, 1.54) is 7.11 Å². The molecule has 1 aliphatic rings. The fourth-order valence-corrected chi connectivity index (χ4v) is 3.08. The van der Waals surface area contributed by atoms with Crippen LogP contribution in [0.25, 0.3) is 0 Å². The molecule has 1 aliphatic heterocycles. The predicted octanol–water partition coefficient (Wildman–Crippen LogP) is 3.22. The number of esters is 1. The summed E-state index contributed by atoms with van der Waals surface area (Å²) in [5, 5.41) is 1.00. The first-order valence-electron chi connectivity index (χ1n) is 6.29. The van der Waals surface area contributed by atoms with E-state index >= 15 is 0 Å². The predicted molar refractivity (Wildman–Crippen MR) is 76.8 cm³/mol. The normalized spacial score (nSPS) is 20.1. The Morgan fingerprint density at radius 3 is 2.50 bits per heavy atom. The Hall–Kier alpha value is -1.26. The van der Waals surface area contributed by atoms with Gasteiger partial charge in [0.2, 0.25) is 5.91 Å². The molecule has 2 rings (SSSR count). The molecule has 1 fully saturated rings. The largest absolute Gasteiger partial charge is 0.467 e. The maximum absolute atomic E-state index is 12.0. The second-order valence-corrected chi connectivity index (χ2v) is 5.63. The Kier molecular flexibility index (Phi) is 4.55. The molecule has 20 heavy (non-hydrogen) atoms. The van der Waals surface area contributed by atoms with Crippen molar-refractivity contribution in [3.8, 4) is 0 Å². The molecule has 1 saturated heterocycles. The highest BCUT2D eigenvalue weighted by molar-refractivity contribution is 6.34. The molecule has 0 spiro atoms.